The van der Waals surface area contributed by atoms with E-state index in [1.807, 2.05) is 55.6 Å². The van der Waals surface area contributed by atoms with Crippen molar-refractivity contribution in [2.75, 3.05) is 13.6 Å². The normalized spacial score (nSPS) is 13.1. The highest BCUT2D eigenvalue weighted by Crippen LogP contribution is 2.23. The maximum atomic E-state index is 11.3. The number of carbonyl (C=O) groups is 1. The molecule has 0 fully saturated rings. The predicted molar refractivity (Wildman–Crippen MR) is 93.1 cm³/mol. The lowest BCUT2D eigenvalue weighted by Gasteiger charge is -2.27. The Balaban J connectivity index is 2.16. The topological polar surface area (TPSA) is 53.3 Å². The van der Waals surface area contributed by atoms with Gasteiger partial charge in [-0.05, 0) is 18.2 Å². The quantitative estimate of drug-likeness (QED) is 0.734. The molecule has 0 bridgehead atoms. The van der Waals surface area contributed by atoms with Gasteiger partial charge in [0.2, 0.25) is 0 Å². The van der Waals surface area contributed by atoms with Crippen LogP contribution < -0.4 is 0 Å². The largest absolute Gasteiger partial charge is 0.446 e. The molecule has 0 spiro atoms. The summed E-state index contributed by atoms with van der Waals surface area (Å²) in [6.07, 6.45) is -0.803. The SMILES string of the molecule is CC(=O)O[C@H](C#N)[C@@H](CN(C)Cc1ccccc1)c1ccccc1. The van der Waals surface area contributed by atoms with Gasteiger partial charge in [0, 0.05) is 25.9 Å². The van der Waals surface area contributed by atoms with Gasteiger partial charge in [0.15, 0.2) is 6.10 Å². The maximum absolute atomic E-state index is 11.3. The standard InChI is InChI=1S/C20H22N2O2/c1-16(23)24-20(13-21)19(18-11-7-4-8-12-18)15-22(2)14-17-9-5-3-6-10-17/h3-12,19-20H,14-15H2,1-2H3/t19-,20+/m0/s1. The Hall–Kier alpha value is -2.64. The lowest BCUT2D eigenvalue weighted by Crippen LogP contribution is -2.33. The molecule has 4 heteroatoms. The second-order valence-corrected chi connectivity index (χ2v) is 5.86. The molecule has 0 heterocycles. The van der Waals surface area contributed by atoms with Crippen molar-refractivity contribution in [3.63, 3.8) is 0 Å². The Morgan fingerprint density at radius 3 is 2.25 bits per heavy atom. The molecule has 124 valence electrons. The van der Waals surface area contributed by atoms with Crippen molar-refractivity contribution in [2.45, 2.75) is 25.5 Å². The van der Waals surface area contributed by atoms with E-state index in [1.54, 1.807) is 0 Å². The molecule has 0 unspecified atom stereocenters. The average Bonchev–Trinajstić information content (AvgIpc) is 2.59. The predicted octanol–water partition coefficient (Wildman–Crippen LogP) is 3.36. The van der Waals surface area contributed by atoms with Crippen molar-refractivity contribution in [1.29, 1.82) is 5.26 Å². The molecule has 24 heavy (non-hydrogen) atoms. The van der Waals surface area contributed by atoms with Crippen molar-refractivity contribution < 1.29 is 9.53 Å². The highest BCUT2D eigenvalue weighted by Gasteiger charge is 2.27. The summed E-state index contributed by atoms with van der Waals surface area (Å²) in [5, 5.41) is 9.46. The molecule has 2 aromatic rings. The summed E-state index contributed by atoms with van der Waals surface area (Å²) in [7, 11) is 2.01. The second-order valence-electron chi connectivity index (χ2n) is 5.86. The number of nitriles is 1. The maximum Gasteiger partial charge on any atom is 0.303 e. The van der Waals surface area contributed by atoms with Crippen LogP contribution in [0, 0.1) is 11.3 Å². The van der Waals surface area contributed by atoms with Crippen molar-refractivity contribution in [3.8, 4) is 6.07 Å². The van der Waals surface area contributed by atoms with E-state index in [0.717, 1.165) is 12.1 Å². The lowest BCUT2D eigenvalue weighted by molar-refractivity contribution is -0.144. The minimum Gasteiger partial charge on any atom is -0.446 e. The molecule has 2 aromatic carbocycles. The summed E-state index contributed by atoms with van der Waals surface area (Å²) in [4.78, 5) is 13.5. The van der Waals surface area contributed by atoms with Gasteiger partial charge in [0.25, 0.3) is 0 Å². The zero-order chi connectivity index (χ0) is 17.4. The van der Waals surface area contributed by atoms with Gasteiger partial charge in [-0.2, -0.15) is 5.26 Å². The van der Waals surface area contributed by atoms with Crippen LogP contribution in [0.2, 0.25) is 0 Å². The minimum atomic E-state index is -0.803. The first-order valence-corrected chi connectivity index (χ1v) is 7.94. The van der Waals surface area contributed by atoms with Crippen LogP contribution >= 0.6 is 0 Å². The molecule has 0 radical (unpaired) electrons. The average molecular weight is 322 g/mol. The summed E-state index contributed by atoms with van der Waals surface area (Å²) >= 11 is 0. The highest BCUT2D eigenvalue weighted by atomic mass is 16.5. The molecule has 0 amide bonds. The van der Waals surface area contributed by atoms with Crippen molar-refractivity contribution >= 4 is 5.97 Å². The molecule has 0 aliphatic rings. The third-order valence-corrected chi connectivity index (χ3v) is 3.82. The summed E-state index contributed by atoms with van der Waals surface area (Å²) in [6, 6.07) is 22.0. The Kier molecular flexibility index (Phi) is 6.53. The fourth-order valence-corrected chi connectivity index (χ4v) is 2.75. The zero-order valence-corrected chi connectivity index (χ0v) is 14.1. The van der Waals surface area contributed by atoms with Gasteiger partial charge in [0.1, 0.15) is 6.07 Å². The smallest absolute Gasteiger partial charge is 0.303 e. The molecule has 4 nitrogen and oxygen atoms in total. The first kappa shape index (κ1) is 17.7. The van der Waals surface area contributed by atoms with Crippen molar-refractivity contribution in [1.82, 2.24) is 4.90 Å². The summed E-state index contributed by atoms with van der Waals surface area (Å²) in [6.45, 7) is 2.72. The number of ether oxygens (including phenoxy) is 1. The lowest BCUT2D eigenvalue weighted by atomic mass is 9.93. The van der Waals surface area contributed by atoms with E-state index in [1.165, 1.54) is 12.5 Å². The van der Waals surface area contributed by atoms with E-state index < -0.39 is 12.1 Å². The first-order chi connectivity index (χ1) is 11.6. The van der Waals surface area contributed by atoms with Gasteiger partial charge in [-0.25, -0.2) is 0 Å². The van der Waals surface area contributed by atoms with Crippen molar-refractivity contribution in [3.05, 3.63) is 71.8 Å². The molecule has 0 saturated heterocycles. The number of likely N-dealkylation sites (N-methyl/N-ethyl adjacent to an activating group) is 1. The molecule has 0 saturated carbocycles. The van der Waals surface area contributed by atoms with E-state index in [9.17, 15) is 10.1 Å². The Labute approximate surface area is 143 Å². The van der Waals surface area contributed by atoms with Gasteiger partial charge in [0.05, 0.1) is 0 Å². The summed E-state index contributed by atoms with van der Waals surface area (Å²) in [5.74, 6) is -0.637. The van der Waals surface area contributed by atoms with Crippen LogP contribution in [0.25, 0.3) is 0 Å². The summed E-state index contributed by atoms with van der Waals surface area (Å²) < 4.78 is 5.24. The van der Waals surface area contributed by atoms with Crippen LogP contribution in [-0.2, 0) is 16.1 Å². The molecule has 2 atom stereocenters. The van der Waals surface area contributed by atoms with Gasteiger partial charge < -0.3 is 9.64 Å². The molecule has 0 aliphatic heterocycles. The Bertz CT molecular complexity index is 680. The minimum absolute atomic E-state index is 0.200. The highest BCUT2D eigenvalue weighted by molar-refractivity contribution is 5.66. The van der Waals surface area contributed by atoms with E-state index >= 15 is 0 Å². The fraction of sp³-hybridized carbons (Fsp3) is 0.300. The number of hydrogen-bond acceptors (Lipinski definition) is 4. The van der Waals surface area contributed by atoms with E-state index in [4.69, 9.17) is 4.74 Å². The number of esters is 1. The van der Waals surface area contributed by atoms with E-state index in [-0.39, 0.29) is 5.92 Å². The van der Waals surface area contributed by atoms with Gasteiger partial charge in [-0.3, -0.25) is 4.79 Å². The number of carbonyl (C=O) groups excluding carboxylic acids is 1. The summed E-state index contributed by atoms with van der Waals surface area (Å²) in [5.41, 5.74) is 2.19. The molecular weight excluding hydrogens is 300 g/mol. The Morgan fingerprint density at radius 1 is 1.12 bits per heavy atom. The van der Waals surface area contributed by atoms with E-state index in [2.05, 4.69) is 23.1 Å². The molecule has 0 aliphatic carbocycles. The van der Waals surface area contributed by atoms with E-state index in [0.29, 0.717) is 6.54 Å². The molecule has 2 rings (SSSR count). The van der Waals surface area contributed by atoms with Gasteiger partial charge in [-0.1, -0.05) is 60.7 Å². The molecule has 0 aromatic heterocycles. The molecule has 0 N–H and O–H groups in total. The van der Waals surface area contributed by atoms with Gasteiger partial charge >= 0.3 is 5.97 Å². The Morgan fingerprint density at radius 2 is 1.71 bits per heavy atom. The second kappa shape index (κ2) is 8.85. The molecular formula is C20H22N2O2. The van der Waals surface area contributed by atoms with Crippen LogP contribution in [0.3, 0.4) is 0 Å². The third-order valence-electron chi connectivity index (χ3n) is 3.82. The van der Waals surface area contributed by atoms with Crippen LogP contribution in [0.4, 0.5) is 0 Å². The van der Waals surface area contributed by atoms with Gasteiger partial charge in [-0.15, -0.1) is 0 Å². The third kappa shape index (κ3) is 5.22. The number of nitrogens with zero attached hydrogens (tertiary/aromatic N) is 2. The monoisotopic (exact) mass is 322 g/mol. The van der Waals surface area contributed by atoms with Crippen LogP contribution in [0.15, 0.2) is 60.7 Å². The van der Waals surface area contributed by atoms with Crippen LogP contribution in [-0.4, -0.2) is 30.6 Å². The first-order valence-electron chi connectivity index (χ1n) is 7.94. The number of hydrogen-bond donors (Lipinski definition) is 0. The van der Waals surface area contributed by atoms with Crippen LogP contribution in [0.1, 0.15) is 24.0 Å². The number of benzene rings is 2. The van der Waals surface area contributed by atoms with Crippen molar-refractivity contribution in [2.24, 2.45) is 0 Å². The van der Waals surface area contributed by atoms with Crippen LogP contribution in [0.5, 0.6) is 0 Å². The number of rotatable bonds is 7. The zero-order valence-electron chi connectivity index (χ0n) is 14.1. The fourth-order valence-electron chi connectivity index (χ4n) is 2.75.